The van der Waals surface area contributed by atoms with E-state index in [9.17, 15) is 4.79 Å². The van der Waals surface area contributed by atoms with Gasteiger partial charge in [-0.05, 0) is 0 Å². The second kappa shape index (κ2) is 3.10. The highest BCUT2D eigenvalue weighted by Crippen LogP contribution is 2.22. The molecule has 1 N–H and O–H groups in total. The Morgan fingerprint density at radius 2 is 2.62 bits per heavy atom. The number of nitrogens with zero attached hydrogens (tertiary/aromatic N) is 2. The maximum Gasteiger partial charge on any atom is 0.327 e. The van der Waals surface area contributed by atoms with Gasteiger partial charge in [0.05, 0.1) is 12.8 Å². The zero-order chi connectivity index (χ0) is 9.26. The fourth-order valence-electron chi connectivity index (χ4n) is 1.39. The minimum absolute atomic E-state index is 0.298. The van der Waals surface area contributed by atoms with Crippen molar-refractivity contribution in [3.63, 3.8) is 0 Å². The van der Waals surface area contributed by atoms with E-state index in [-0.39, 0.29) is 5.97 Å². The average Bonchev–Trinajstić information content (AvgIpc) is 2.60. The molecule has 1 atom stereocenters. The van der Waals surface area contributed by atoms with Gasteiger partial charge in [0.1, 0.15) is 12.4 Å². The third kappa shape index (κ3) is 1.27. The normalized spacial score (nSPS) is 19.6. The van der Waals surface area contributed by atoms with E-state index < -0.39 is 6.04 Å². The van der Waals surface area contributed by atoms with Gasteiger partial charge in [-0.3, -0.25) is 5.32 Å². The van der Waals surface area contributed by atoms with Crippen molar-refractivity contribution >= 4 is 5.97 Å². The van der Waals surface area contributed by atoms with Crippen LogP contribution in [0.5, 0.6) is 0 Å². The molecular weight excluding hydrogens is 170 g/mol. The number of hydrogen-bond acceptors (Lipinski definition) is 5. The molecule has 2 rings (SSSR count). The van der Waals surface area contributed by atoms with Crippen LogP contribution in [0.25, 0.3) is 0 Å². The molecule has 5 heteroatoms. The summed E-state index contributed by atoms with van der Waals surface area (Å²) in [7, 11) is 1.37. The van der Waals surface area contributed by atoms with Gasteiger partial charge >= 0.3 is 5.97 Å². The van der Waals surface area contributed by atoms with Gasteiger partial charge < -0.3 is 4.74 Å². The van der Waals surface area contributed by atoms with E-state index in [0.29, 0.717) is 6.54 Å². The summed E-state index contributed by atoms with van der Waals surface area (Å²) in [6.07, 6.45) is 3.12. The van der Waals surface area contributed by atoms with Gasteiger partial charge in [0.2, 0.25) is 0 Å². The van der Waals surface area contributed by atoms with Crippen LogP contribution < -0.4 is 5.32 Å². The molecule has 0 bridgehead atoms. The molecule has 1 aliphatic rings. The van der Waals surface area contributed by atoms with Crippen LogP contribution in [0.1, 0.15) is 17.3 Å². The Bertz CT molecular complexity index is 340. The van der Waals surface area contributed by atoms with Crippen LogP contribution in [-0.4, -0.2) is 23.0 Å². The first-order valence-corrected chi connectivity index (χ1v) is 3.93. The zero-order valence-corrected chi connectivity index (χ0v) is 7.15. The summed E-state index contributed by atoms with van der Waals surface area (Å²) in [6, 6.07) is -0.402. The van der Waals surface area contributed by atoms with Gasteiger partial charge in [-0.25, -0.2) is 14.8 Å². The van der Waals surface area contributed by atoms with Crippen molar-refractivity contribution in [1.29, 1.82) is 0 Å². The Hall–Kier alpha value is -1.49. The topological polar surface area (TPSA) is 64.1 Å². The Labute approximate surface area is 75.1 Å². The average molecular weight is 179 g/mol. The molecule has 5 nitrogen and oxygen atoms in total. The number of carbonyl (C=O) groups is 1. The number of fused-ring (bicyclic) bond motifs is 1. The monoisotopic (exact) mass is 179 g/mol. The van der Waals surface area contributed by atoms with Gasteiger partial charge in [0.15, 0.2) is 0 Å². The fraction of sp³-hybridized carbons (Fsp3) is 0.375. The quantitative estimate of drug-likeness (QED) is 0.604. The van der Waals surface area contributed by atoms with Crippen LogP contribution in [0, 0.1) is 0 Å². The first-order valence-electron chi connectivity index (χ1n) is 3.93. The summed E-state index contributed by atoms with van der Waals surface area (Å²) in [5.41, 5.74) is 1.68. The van der Waals surface area contributed by atoms with Gasteiger partial charge in [0, 0.05) is 18.3 Å². The maximum atomic E-state index is 11.2. The van der Waals surface area contributed by atoms with Crippen molar-refractivity contribution in [2.24, 2.45) is 0 Å². The molecule has 0 aliphatic carbocycles. The summed E-state index contributed by atoms with van der Waals surface area (Å²) >= 11 is 0. The second-order valence-corrected chi connectivity index (χ2v) is 2.76. The highest BCUT2D eigenvalue weighted by molar-refractivity contribution is 5.78. The predicted molar refractivity (Wildman–Crippen MR) is 43.6 cm³/mol. The number of carbonyl (C=O) groups excluding carboxylic acids is 1. The number of nitrogens with one attached hydrogen (secondary N) is 1. The first-order chi connectivity index (χ1) is 6.33. The van der Waals surface area contributed by atoms with E-state index in [2.05, 4.69) is 20.0 Å². The van der Waals surface area contributed by atoms with Crippen molar-refractivity contribution in [2.45, 2.75) is 12.6 Å². The highest BCUT2D eigenvalue weighted by Gasteiger charge is 2.29. The van der Waals surface area contributed by atoms with Crippen LogP contribution in [0.2, 0.25) is 0 Å². The largest absolute Gasteiger partial charge is 0.468 e. The van der Waals surface area contributed by atoms with Crippen LogP contribution in [-0.2, 0) is 16.1 Å². The summed E-state index contributed by atoms with van der Waals surface area (Å²) in [5.74, 6) is -0.298. The molecule has 13 heavy (non-hydrogen) atoms. The smallest absolute Gasteiger partial charge is 0.327 e. The standard InChI is InChI=1S/C8H9N3O2/c1-13-8(12)7-5-2-9-4-11-6(5)3-10-7/h2,4,7,10H,3H2,1H3. The SMILES string of the molecule is COC(=O)C1NCc2ncncc21. The molecule has 1 aromatic heterocycles. The minimum Gasteiger partial charge on any atom is -0.468 e. The lowest BCUT2D eigenvalue weighted by atomic mass is 10.1. The van der Waals surface area contributed by atoms with E-state index >= 15 is 0 Å². The number of hydrogen-bond donors (Lipinski definition) is 1. The van der Waals surface area contributed by atoms with E-state index in [0.717, 1.165) is 11.3 Å². The van der Waals surface area contributed by atoms with Crippen LogP contribution >= 0.6 is 0 Å². The summed E-state index contributed by atoms with van der Waals surface area (Å²) in [5, 5.41) is 3.00. The van der Waals surface area contributed by atoms with Gasteiger partial charge in [-0.15, -0.1) is 0 Å². The molecule has 0 aromatic carbocycles. The fourth-order valence-corrected chi connectivity index (χ4v) is 1.39. The predicted octanol–water partition coefficient (Wildman–Crippen LogP) is -0.206. The number of esters is 1. The second-order valence-electron chi connectivity index (χ2n) is 2.76. The van der Waals surface area contributed by atoms with E-state index in [1.165, 1.54) is 13.4 Å². The summed E-state index contributed by atoms with van der Waals surface area (Å²) in [4.78, 5) is 19.1. The summed E-state index contributed by atoms with van der Waals surface area (Å²) in [6.45, 7) is 0.595. The van der Waals surface area contributed by atoms with Crippen molar-refractivity contribution in [2.75, 3.05) is 7.11 Å². The third-order valence-electron chi connectivity index (χ3n) is 2.05. The molecule has 1 aromatic rings. The van der Waals surface area contributed by atoms with Crippen LogP contribution in [0.15, 0.2) is 12.5 Å². The lowest BCUT2D eigenvalue weighted by molar-refractivity contribution is -0.143. The van der Waals surface area contributed by atoms with Crippen molar-refractivity contribution < 1.29 is 9.53 Å². The molecule has 0 spiro atoms. The van der Waals surface area contributed by atoms with Gasteiger partial charge in [0.25, 0.3) is 0 Å². The number of rotatable bonds is 1. The van der Waals surface area contributed by atoms with Gasteiger partial charge in [-0.1, -0.05) is 0 Å². The molecule has 2 heterocycles. The van der Waals surface area contributed by atoms with E-state index in [4.69, 9.17) is 0 Å². The zero-order valence-electron chi connectivity index (χ0n) is 7.15. The Morgan fingerprint density at radius 3 is 3.38 bits per heavy atom. The summed E-state index contributed by atoms with van der Waals surface area (Å²) < 4.78 is 4.63. The van der Waals surface area contributed by atoms with Crippen molar-refractivity contribution in [3.05, 3.63) is 23.8 Å². The van der Waals surface area contributed by atoms with Crippen molar-refractivity contribution in [1.82, 2.24) is 15.3 Å². The third-order valence-corrected chi connectivity index (χ3v) is 2.05. The number of ether oxygens (including phenoxy) is 1. The number of aromatic nitrogens is 2. The molecule has 1 aliphatic heterocycles. The molecular formula is C8H9N3O2. The Balaban J connectivity index is 2.33. The maximum absolute atomic E-state index is 11.2. The van der Waals surface area contributed by atoms with Gasteiger partial charge in [-0.2, -0.15) is 0 Å². The van der Waals surface area contributed by atoms with E-state index in [1.54, 1.807) is 6.20 Å². The molecule has 0 saturated heterocycles. The minimum atomic E-state index is -0.402. The molecule has 0 fully saturated rings. The first kappa shape index (κ1) is 8.12. The van der Waals surface area contributed by atoms with Crippen LogP contribution in [0.3, 0.4) is 0 Å². The lowest BCUT2D eigenvalue weighted by Gasteiger charge is -2.07. The molecule has 68 valence electrons. The van der Waals surface area contributed by atoms with Crippen molar-refractivity contribution in [3.8, 4) is 0 Å². The number of methoxy groups -OCH3 is 1. The molecule has 0 saturated carbocycles. The Morgan fingerprint density at radius 1 is 1.77 bits per heavy atom. The van der Waals surface area contributed by atoms with Crippen LogP contribution in [0.4, 0.5) is 0 Å². The molecule has 0 amide bonds. The lowest BCUT2D eigenvalue weighted by Crippen LogP contribution is -2.23. The highest BCUT2D eigenvalue weighted by atomic mass is 16.5. The molecule has 0 radical (unpaired) electrons. The Kier molecular flexibility index (Phi) is 1.94. The molecule has 1 unspecified atom stereocenters. The van der Waals surface area contributed by atoms with E-state index in [1.807, 2.05) is 0 Å².